The maximum atomic E-state index is 11.7. The van der Waals surface area contributed by atoms with Crippen LogP contribution in [0.25, 0.3) is 0 Å². The normalized spacial score (nSPS) is 11.2. The van der Waals surface area contributed by atoms with Gasteiger partial charge in [-0.2, -0.15) is 0 Å². The van der Waals surface area contributed by atoms with E-state index in [1.54, 1.807) is 13.8 Å². The van der Waals surface area contributed by atoms with Crippen molar-refractivity contribution in [2.75, 3.05) is 13.2 Å². The fourth-order valence-electron chi connectivity index (χ4n) is 3.58. The summed E-state index contributed by atoms with van der Waals surface area (Å²) in [7, 11) is 0. The molecule has 0 saturated heterocycles. The van der Waals surface area contributed by atoms with Gasteiger partial charge in [-0.3, -0.25) is 28.7 Å². The maximum Gasteiger partial charge on any atom is 0.330 e. The average Bonchev–Trinajstić information content (AvgIpc) is 2.80. The summed E-state index contributed by atoms with van der Waals surface area (Å²) in [6.07, 6.45) is 14.4. The molecule has 0 atom stereocenters. The van der Waals surface area contributed by atoms with Crippen LogP contribution < -0.4 is 22.5 Å². The molecule has 0 saturated carbocycles. The Kier molecular flexibility index (Phi) is 12.3. The van der Waals surface area contributed by atoms with E-state index in [4.69, 9.17) is 9.47 Å². The second-order valence-electron chi connectivity index (χ2n) is 8.69. The van der Waals surface area contributed by atoms with E-state index in [1.165, 1.54) is 60.1 Å². The van der Waals surface area contributed by atoms with Crippen LogP contribution in [0.5, 0.6) is 0 Å². The minimum atomic E-state index is -0.444. The van der Waals surface area contributed by atoms with E-state index in [0.29, 0.717) is 24.3 Å². The molecule has 0 amide bonds. The lowest BCUT2D eigenvalue weighted by molar-refractivity contribution is 0.0702. The van der Waals surface area contributed by atoms with Crippen LogP contribution in [0, 0.1) is 13.8 Å². The molecule has 2 aromatic heterocycles. The van der Waals surface area contributed by atoms with E-state index >= 15 is 0 Å². The van der Waals surface area contributed by atoms with E-state index < -0.39 is 11.4 Å². The Balaban J connectivity index is 1.37. The number of rotatable bonds is 17. The number of aromatic nitrogens is 4. The van der Waals surface area contributed by atoms with Crippen molar-refractivity contribution in [1.29, 1.82) is 0 Å². The topological polar surface area (TPSA) is 128 Å². The van der Waals surface area contributed by atoms with Crippen molar-refractivity contribution in [3.63, 3.8) is 0 Å². The van der Waals surface area contributed by atoms with Crippen molar-refractivity contribution in [2.24, 2.45) is 0 Å². The van der Waals surface area contributed by atoms with Crippen molar-refractivity contribution in [2.45, 2.75) is 91.5 Å². The molecule has 0 aromatic carbocycles. The summed E-state index contributed by atoms with van der Waals surface area (Å²) in [5.74, 6) is 0. The zero-order chi connectivity index (χ0) is 24.8. The highest BCUT2D eigenvalue weighted by atomic mass is 16.5. The first-order chi connectivity index (χ1) is 16.4. The van der Waals surface area contributed by atoms with Crippen molar-refractivity contribution in [3.05, 3.63) is 65.2 Å². The van der Waals surface area contributed by atoms with Crippen LogP contribution in [0.4, 0.5) is 0 Å². The Labute approximate surface area is 198 Å². The highest BCUT2D eigenvalue weighted by Crippen LogP contribution is 2.11. The van der Waals surface area contributed by atoms with Gasteiger partial charge in [-0.15, -0.1) is 0 Å². The number of nitrogens with zero attached hydrogens (tertiary/aromatic N) is 2. The van der Waals surface area contributed by atoms with Gasteiger partial charge in [-0.1, -0.05) is 51.4 Å². The fourth-order valence-corrected chi connectivity index (χ4v) is 3.58. The predicted octanol–water partition coefficient (Wildman–Crippen LogP) is 2.55. The van der Waals surface area contributed by atoms with Crippen molar-refractivity contribution in [1.82, 2.24) is 19.1 Å². The van der Waals surface area contributed by atoms with E-state index in [1.807, 2.05) is 0 Å². The summed E-state index contributed by atoms with van der Waals surface area (Å²) in [6, 6.07) is 0. The summed E-state index contributed by atoms with van der Waals surface area (Å²) in [5, 5.41) is 0. The Hall–Kier alpha value is -2.72. The SMILES string of the molecule is Cc1cn(COCCCCCCCCCCCCOCn2cc(C)c(=O)[nH]c2=O)c(=O)[nH]c1=O. The smallest absolute Gasteiger partial charge is 0.330 e. The van der Waals surface area contributed by atoms with Crippen LogP contribution in [0.1, 0.15) is 75.3 Å². The van der Waals surface area contributed by atoms with Crippen LogP contribution in [0.3, 0.4) is 0 Å². The highest BCUT2D eigenvalue weighted by molar-refractivity contribution is 5.01. The molecule has 0 aliphatic carbocycles. The van der Waals surface area contributed by atoms with Gasteiger partial charge in [-0.05, 0) is 26.7 Å². The Bertz CT molecular complexity index is 1010. The number of nitrogens with one attached hydrogen (secondary N) is 2. The van der Waals surface area contributed by atoms with E-state index in [-0.39, 0.29) is 24.6 Å². The second-order valence-corrected chi connectivity index (χ2v) is 8.69. The average molecular weight is 479 g/mol. The molecule has 0 fully saturated rings. The molecule has 2 N–H and O–H groups in total. The number of hydrogen-bond acceptors (Lipinski definition) is 6. The van der Waals surface area contributed by atoms with Gasteiger partial charge in [0.1, 0.15) is 13.5 Å². The number of H-pyrrole nitrogens is 2. The minimum Gasteiger partial charge on any atom is -0.361 e. The molecule has 0 aliphatic heterocycles. The number of unbranched alkanes of at least 4 members (excludes halogenated alkanes) is 9. The van der Waals surface area contributed by atoms with Gasteiger partial charge in [0.25, 0.3) is 11.1 Å². The summed E-state index contributed by atoms with van der Waals surface area (Å²) in [6.45, 7) is 4.84. The highest BCUT2D eigenvalue weighted by Gasteiger charge is 2.02. The third-order valence-corrected chi connectivity index (χ3v) is 5.67. The van der Waals surface area contributed by atoms with Gasteiger partial charge in [0.15, 0.2) is 0 Å². The summed E-state index contributed by atoms with van der Waals surface area (Å²) in [4.78, 5) is 50.5. The molecule has 2 heterocycles. The van der Waals surface area contributed by atoms with E-state index in [2.05, 4.69) is 9.97 Å². The lowest BCUT2D eigenvalue weighted by Gasteiger charge is -2.08. The zero-order valence-electron chi connectivity index (χ0n) is 20.4. The molecule has 0 unspecified atom stereocenters. The van der Waals surface area contributed by atoms with Gasteiger partial charge < -0.3 is 9.47 Å². The molecule has 10 heteroatoms. The molecular weight excluding hydrogens is 440 g/mol. The first-order valence-corrected chi connectivity index (χ1v) is 12.1. The molecule has 0 radical (unpaired) electrons. The molecule has 34 heavy (non-hydrogen) atoms. The molecule has 2 aromatic rings. The Morgan fingerprint density at radius 3 is 1.26 bits per heavy atom. The van der Waals surface area contributed by atoms with Crippen LogP contribution in [-0.4, -0.2) is 32.3 Å². The van der Waals surface area contributed by atoms with Gasteiger partial charge >= 0.3 is 11.4 Å². The number of hydrogen-bond donors (Lipinski definition) is 2. The standard InChI is InChI=1S/C24H38N4O6/c1-19-15-27(23(31)25-21(19)29)17-33-13-11-9-7-5-3-4-6-8-10-12-14-34-18-28-16-20(2)22(30)26-24(28)32/h15-16H,3-14,17-18H2,1-2H3,(H,25,29,31)(H,26,30,32). The molecule has 0 spiro atoms. The first kappa shape index (κ1) is 27.5. The minimum absolute atomic E-state index is 0.160. The quantitative estimate of drug-likeness (QED) is 0.336. The summed E-state index contributed by atoms with van der Waals surface area (Å²) >= 11 is 0. The summed E-state index contributed by atoms with van der Waals surface area (Å²) in [5.41, 5.74) is -0.617. The van der Waals surface area contributed by atoms with Crippen LogP contribution >= 0.6 is 0 Å². The first-order valence-electron chi connectivity index (χ1n) is 12.1. The number of aryl methyl sites for hydroxylation is 2. The van der Waals surface area contributed by atoms with Gasteiger partial charge in [0.05, 0.1) is 0 Å². The van der Waals surface area contributed by atoms with E-state index in [0.717, 1.165) is 25.7 Å². The second kappa shape index (κ2) is 15.2. The van der Waals surface area contributed by atoms with Gasteiger partial charge in [0.2, 0.25) is 0 Å². The molecule has 0 bridgehead atoms. The predicted molar refractivity (Wildman–Crippen MR) is 130 cm³/mol. The lowest BCUT2D eigenvalue weighted by atomic mass is 10.1. The van der Waals surface area contributed by atoms with Crippen LogP contribution in [-0.2, 0) is 22.9 Å². The van der Waals surface area contributed by atoms with Crippen molar-refractivity contribution >= 4 is 0 Å². The van der Waals surface area contributed by atoms with Crippen LogP contribution in [0.15, 0.2) is 31.6 Å². The Morgan fingerprint density at radius 2 is 0.912 bits per heavy atom. The third-order valence-electron chi connectivity index (χ3n) is 5.67. The Morgan fingerprint density at radius 1 is 0.588 bits per heavy atom. The molecule has 10 nitrogen and oxygen atoms in total. The number of ether oxygens (including phenoxy) is 2. The zero-order valence-corrected chi connectivity index (χ0v) is 20.4. The summed E-state index contributed by atoms with van der Waals surface area (Å²) < 4.78 is 13.8. The van der Waals surface area contributed by atoms with Crippen LogP contribution in [0.2, 0.25) is 0 Å². The fraction of sp³-hybridized carbons (Fsp3) is 0.667. The largest absolute Gasteiger partial charge is 0.361 e. The van der Waals surface area contributed by atoms with Gasteiger partial charge in [0, 0.05) is 36.7 Å². The van der Waals surface area contributed by atoms with Crippen molar-refractivity contribution < 1.29 is 9.47 Å². The van der Waals surface area contributed by atoms with Crippen molar-refractivity contribution in [3.8, 4) is 0 Å². The number of aromatic amines is 2. The molecule has 0 aliphatic rings. The molecule has 2 rings (SSSR count). The van der Waals surface area contributed by atoms with E-state index in [9.17, 15) is 19.2 Å². The molecule has 190 valence electrons. The van der Waals surface area contributed by atoms with Gasteiger partial charge in [-0.25, -0.2) is 9.59 Å². The monoisotopic (exact) mass is 478 g/mol. The molecular formula is C24H38N4O6. The maximum absolute atomic E-state index is 11.7. The lowest BCUT2D eigenvalue weighted by Crippen LogP contribution is -2.31. The third kappa shape index (κ3) is 10.0.